The monoisotopic (exact) mass is 224 g/mol. The highest BCUT2D eigenvalue weighted by Crippen LogP contribution is 2.20. The zero-order valence-corrected chi connectivity index (χ0v) is 9.64. The lowest BCUT2D eigenvalue weighted by Crippen LogP contribution is -2.34. The van der Waals surface area contributed by atoms with E-state index in [9.17, 15) is 9.90 Å². The van der Waals surface area contributed by atoms with Gasteiger partial charge in [0.25, 0.3) is 0 Å². The third-order valence-electron chi connectivity index (χ3n) is 2.00. The Balaban J connectivity index is 2.75. The van der Waals surface area contributed by atoms with Crippen molar-refractivity contribution in [2.75, 3.05) is 7.11 Å². The summed E-state index contributed by atoms with van der Waals surface area (Å²) in [6.07, 6.45) is -0.792. The molecule has 4 heteroatoms. The summed E-state index contributed by atoms with van der Waals surface area (Å²) in [7, 11) is 1.44. The summed E-state index contributed by atoms with van der Waals surface area (Å²) < 4.78 is 10.1. The highest BCUT2D eigenvalue weighted by Gasteiger charge is 2.29. The summed E-state index contributed by atoms with van der Waals surface area (Å²) in [5.41, 5.74) is -0.798. The Labute approximate surface area is 94.8 Å². The van der Waals surface area contributed by atoms with Gasteiger partial charge in [-0.2, -0.15) is 0 Å². The maximum Gasteiger partial charge on any atom is 0.340 e. The molecule has 0 bridgehead atoms. The van der Waals surface area contributed by atoms with Crippen LogP contribution in [0.5, 0.6) is 0 Å². The Bertz CT molecular complexity index is 340. The standard InChI is InChI=1S/C12H16O4/c1-12(2,14)11(13)16-10(15-3)9-7-5-4-6-8-9/h4-8,10,14H,1-3H3. The number of aliphatic hydroxyl groups is 1. The van der Waals surface area contributed by atoms with Crippen LogP contribution >= 0.6 is 0 Å². The van der Waals surface area contributed by atoms with Gasteiger partial charge in [-0.3, -0.25) is 0 Å². The molecule has 0 spiro atoms. The second kappa shape index (κ2) is 5.09. The van der Waals surface area contributed by atoms with E-state index in [4.69, 9.17) is 9.47 Å². The van der Waals surface area contributed by atoms with Crippen molar-refractivity contribution in [3.05, 3.63) is 35.9 Å². The molecule has 88 valence electrons. The highest BCUT2D eigenvalue weighted by molar-refractivity contribution is 5.78. The average Bonchev–Trinajstić information content (AvgIpc) is 2.25. The van der Waals surface area contributed by atoms with Gasteiger partial charge in [-0.05, 0) is 13.8 Å². The molecular weight excluding hydrogens is 208 g/mol. The molecule has 1 rings (SSSR count). The topological polar surface area (TPSA) is 55.8 Å². The summed E-state index contributed by atoms with van der Waals surface area (Å²) in [6, 6.07) is 9.06. The van der Waals surface area contributed by atoms with Gasteiger partial charge >= 0.3 is 5.97 Å². The van der Waals surface area contributed by atoms with Gasteiger partial charge in [0.05, 0.1) is 0 Å². The van der Waals surface area contributed by atoms with Crippen LogP contribution in [0.4, 0.5) is 0 Å². The van der Waals surface area contributed by atoms with E-state index in [2.05, 4.69) is 0 Å². The van der Waals surface area contributed by atoms with Crippen molar-refractivity contribution in [1.82, 2.24) is 0 Å². The molecule has 0 aliphatic rings. The van der Waals surface area contributed by atoms with E-state index in [0.717, 1.165) is 5.56 Å². The molecule has 0 aliphatic carbocycles. The van der Waals surface area contributed by atoms with E-state index in [0.29, 0.717) is 0 Å². The molecule has 0 saturated carbocycles. The van der Waals surface area contributed by atoms with Crippen LogP contribution in [0.1, 0.15) is 25.7 Å². The Morgan fingerprint density at radius 2 is 1.88 bits per heavy atom. The lowest BCUT2D eigenvalue weighted by Gasteiger charge is -2.21. The van der Waals surface area contributed by atoms with Gasteiger partial charge in [-0.15, -0.1) is 0 Å². The Morgan fingerprint density at radius 1 is 1.31 bits per heavy atom. The van der Waals surface area contributed by atoms with Crippen molar-refractivity contribution in [2.24, 2.45) is 0 Å². The summed E-state index contributed by atoms with van der Waals surface area (Å²) in [6.45, 7) is 2.74. The SMILES string of the molecule is COC(OC(=O)C(C)(C)O)c1ccccc1. The molecule has 1 unspecified atom stereocenters. The van der Waals surface area contributed by atoms with Crippen LogP contribution < -0.4 is 0 Å². The predicted molar refractivity (Wildman–Crippen MR) is 58.6 cm³/mol. The number of hydrogen-bond donors (Lipinski definition) is 1. The van der Waals surface area contributed by atoms with Gasteiger partial charge in [0.2, 0.25) is 6.29 Å². The second-order valence-corrected chi connectivity index (χ2v) is 3.94. The minimum atomic E-state index is -1.52. The molecule has 0 radical (unpaired) electrons. The van der Waals surface area contributed by atoms with Gasteiger partial charge < -0.3 is 14.6 Å². The van der Waals surface area contributed by atoms with E-state index in [-0.39, 0.29) is 0 Å². The maximum atomic E-state index is 11.5. The molecule has 0 fully saturated rings. The highest BCUT2D eigenvalue weighted by atomic mass is 16.7. The predicted octanol–water partition coefficient (Wildman–Crippen LogP) is 1.65. The van der Waals surface area contributed by atoms with Crippen molar-refractivity contribution in [1.29, 1.82) is 0 Å². The molecule has 1 atom stereocenters. The fraction of sp³-hybridized carbons (Fsp3) is 0.417. The number of ether oxygens (including phenoxy) is 2. The molecule has 0 aliphatic heterocycles. The molecule has 0 saturated heterocycles. The van der Waals surface area contributed by atoms with Gasteiger partial charge in [0, 0.05) is 12.7 Å². The molecule has 1 aromatic carbocycles. The fourth-order valence-corrected chi connectivity index (χ4v) is 1.10. The molecule has 1 aromatic rings. The van der Waals surface area contributed by atoms with E-state index < -0.39 is 17.9 Å². The first-order valence-electron chi connectivity index (χ1n) is 4.96. The minimum Gasteiger partial charge on any atom is -0.429 e. The van der Waals surface area contributed by atoms with Crippen LogP contribution in [-0.4, -0.2) is 23.8 Å². The van der Waals surface area contributed by atoms with Crippen LogP contribution in [0.3, 0.4) is 0 Å². The van der Waals surface area contributed by atoms with E-state index in [1.165, 1.54) is 21.0 Å². The van der Waals surface area contributed by atoms with Gasteiger partial charge in [-0.25, -0.2) is 4.79 Å². The zero-order valence-electron chi connectivity index (χ0n) is 9.64. The average molecular weight is 224 g/mol. The van der Waals surface area contributed by atoms with E-state index in [1.807, 2.05) is 18.2 Å². The first-order chi connectivity index (χ1) is 7.45. The number of esters is 1. The molecule has 1 N–H and O–H groups in total. The summed E-state index contributed by atoms with van der Waals surface area (Å²) in [5.74, 6) is -0.719. The normalized spacial score (nSPS) is 13.2. The Hall–Kier alpha value is -1.39. The quantitative estimate of drug-likeness (QED) is 0.624. The van der Waals surface area contributed by atoms with Crippen LogP contribution in [-0.2, 0) is 14.3 Å². The second-order valence-electron chi connectivity index (χ2n) is 3.94. The summed E-state index contributed by atoms with van der Waals surface area (Å²) >= 11 is 0. The molecule has 0 aromatic heterocycles. The van der Waals surface area contributed by atoms with Crippen molar-refractivity contribution in [2.45, 2.75) is 25.7 Å². The first kappa shape index (κ1) is 12.7. The van der Waals surface area contributed by atoms with Gasteiger partial charge in [0.15, 0.2) is 5.60 Å². The van der Waals surface area contributed by atoms with Crippen molar-refractivity contribution in [3.63, 3.8) is 0 Å². The fourth-order valence-electron chi connectivity index (χ4n) is 1.10. The first-order valence-corrected chi connectivity index (χ1v) is 4.96. The number of carbonyl (C=O) groups excluding carboxylic acids is 1. The Kier molecular flexibility index (Phi) is 4.04. The van der Waals surface area contributed by atoms with Crippen LogP contribution in [0, 0.1) is 0 Å². The number of benzene rings is 1. The summed E-state index contributed by atoms with van der Waals surface area (Å²) in [4.78, 5) is 11.5. The molecule has 4 nitrogen and oxygen atoms in total. The van der Waals surface area contributed by atoms with Crippen molar-refractivity contribution in [3.8, 4) is 0 Å². The molecule has 16 heavy (non-hydrogen) atoms. The van der Waals surface area contributed by atoms with E-state index in [1.54, 1.807) is 12.1 Å². The number of methoxy groups -OCH3 is 1. The van der Waals surface area contributed by atoms with Gasteiger partial charge in [0.1, 0.15) is 0 Å². The molecule has 0 heterocycles. The summed E-state index contributed by atoms with van der Waals surface area (Å²) in [5, 5.41) is 9.45. The van der Waals surface area contributed by atoms with Crippen LogP contribution in [0.2, 0.25) is 0 Å². The van der Waals surface area contributed by atoms with Crippen LogP contribution in [0.15, 0.2) is 30.3 Å². The van der Waals surface area contributed by atoms with Crippen molar-refractivity contribution < 1.29 is 19.4 Å². The van der Waals surface area contributed by atoms with Crippen LogP contribution in [0.25, 0.3) is 0 Å². The van der Waals surface area contributed by atoms with Crippen molar-refractivity contribution >= 4 is 5.97 Å². The lowest BCUT2D eigenvalue weighted by atomic mass is 10.1. The molecule has 0 amide bonds. The number of rotatable bonds is 4. The lowest BCUT2D eigenvalue weighted by molar-refractivity contribution is -0.192. The van der Waals surface area contributed by atoms with E-state index >= 15 is 0 Å². The number of carbonyl (C=O) groups is 1. The number of hydrogen-bond acceptors (Lipinski definition) is 4. The Morgan fingerprint density at radius 3 is 2.31 bits per heavy atom. The molecular formula is C12H16O4. The minimum absolute atomic E-state index is 0.719. The third-order valence-corrected chi connectivity index (χ3v) is 2.00. The third kappa shape index (κ3) is 3.32. The zero-order chi connectivity index (χ0) is 12.2. The largest absolute Gasteiger partial charge is 0.429 e. The van der Waals surface area contributed by atoms with Gasteiger partial charge in [-0.1, -0.05) is 30.3 Å². The maximum absolute atomic E-state index is 11.5. The smallest absolute Gasteiger partial charge is 0.340 e.